The monoisotopic (exact) mass is 221 g/mol. The van der Waals surface area contributed by atoms with E-state index in [1.165, 1.54) is 0 Å². The van der Waals surface area contributed by atoms with E-state index in [2.05, 4.69) is 5.32 Å². The number of carbonyl (C=O) groups excluding carboxylic acids is 1. The molecular weight excluding hydrogens is 202 g/mol. The van der Waals surface area contributed by atoms with E-state index in [-0.39, 0.29) is 5.91 Å². The number of hydrogen-bond acceptors (Lipinski definition) is 3. The summed E-state index contributed by atoms with van der Waals surface area (Å²) in [7, 11) is 0. The van der Waals surface area contributed by atoms with Gasteiger partial charge in [-0.3, -0.25) is 4.79 Å². The highest BCUT2D eigenvalue weighted by Crippen LogP contribution is 2.19. The summed E-state index contributed by atoms with van der Waals surface area (Å²) >= 11 is 0. The van der Waals surface area contributed by atoms with Crippen LogP contribution in [0.1, 0.15) is 19.4 Å². The average Bonchev–Trinajstić information content (AvgIpc) is 2.20. The third-order valence-electron chi connectivity index (χ3n) is 2.67. The fraction of sp³-hybridized carbons (Fsp3) is 0.417. The highest BCUT2D eigenvalue weighted by Gasteiger charge is 2.24. The van der Waals surface area contributed by atoms with Crippen LogP contribution >= 0.6 is 0 Å². The molecule has 0 bridgehead atoms. The number of nitrogens with two attached hydrogens (primary N) is 2. The molecule has 16 heavy (non-hydrogen) atoms. The van der Waals surface area contributed by atoms with Crippen LogP contribution in [-0.4, -0.2) is 12.5 Å². The molecule has 0 atom stereocenters. The van der Waals surface area contributed by atoms with Crippen LogP contribution in [-0.2, 0) is 4.79 Å². The molecular formula is C12H19N3O. The normalized spacial score (nSPS) is 11.2. The van der Waals surface area contributed by atoms with Gasteiger partial charge < -0.3 is 16.8 Å². The van der Waals surface area contributed by atoms with E-state index in [9.17, 15) is 4.79 Å². The van der Waals surface area contributed by atoms with Gasteiger partial charge in [0, 0.05) is 17.9 Å². The molecule has 1 aromatic carbocycles. The van der Waals surface area contributed by atoms with Crippen molar-refractivity contribution < 1.29 is 4.79 Å². The molecule has 1 amide bonds. The van der Waals surface area contributed by atoms with Gasteiger partial charge in [-0.1, -0.05) is 0 Å². The molecule has 4 nitrogen and oxygen atoms in total. The second-order valence-electron chi connectivity index (χ2n) is 4.67. The van der Waals surface area contributed by atoms with Gasteiger partial charge in [0.05, 0.1) is 5.41 Å². The Morgan fingerprint density at radius 1 is 1.44 bits per heavy atom. The number of rotatable bonds is 4. The largest absolute Gasteiger partial charge is 0.399 e. The Bertz CT molecular complexity index is 399. The summed E-state index contributed by atoms with van der Waals surface area (Å²) in [5, 5.41) is 3.18. The predicted molar refractivity (Wildman–Crippen MR) is 67.1 cm³/mol. The molecule has 0 spiro atoms. The van der Waals surface area contributed by atoms with Crippen molar-refractivity contribution in [1.29, 1.82) is 0 Å². The van der Waals surface area contributed by atoms with Crippen molar-refractivity contribution in [3.05, 3.63) is 23.8 Å². The van der Waals surface area contributed by atoms with Crippen LogP contribution in [0.4, 0.5) is 11.4 Å². The zero-order chi connectivity index (χ0) is 12.3. The van der Waals surface area contributed by atoms with Crippen molar-refractivity contribution in [2.24, 2.45) is 11.1 Å². The van der Waals surface area contributed by atoms with E-state index in [1.54, 1.807) is 0 Å². The van der Waals surface area contributed by atoms with E-state index >= 15 is 0 Å². The minimum atomic E-state index is -0.560. The molecule has 0 aliphatic carbocycles. The van der Waals surface area contributed by atoms with Crippen molar-refractivity contribution in [3.8, 4) is 0 Å². The van der Waals surface area contributed by atoms with Crippen molar-refractivity contribution in [1.82, 2.24) is 0 Å². The number of anilines is 2. The Hall–Kier alpha value is -1.71. The number of carbonyl (C=O) groups is 1. The summed E-state index contributed by atoms with van der Waals surface area (Å²) in [5.74, 6) is -0.313. The minimum absolute atomic E-state index is 0.313. The van der Waals surface area contributed by atoms with Gasteiger partial charge in [0.2, 0.25) is 5.91 Å². The highest BCUT2D eigenvalue weighted by molar-refractivity contribution is 5.80. The van der Waals surface area contributed by atoms with E-state index < -0.39 is 5.41 Å². The van der Waals surface area contributed by atoms with Crippen LogP contribution < -0.4 is 16.8 Å². The molecule has 0 heterocycles. The number of amides is 1. The van der Waals surface area contributed by atoms with E-state index in [0.29, 0.717) is 6.54 Å². The van der Waals surface area contributed by atoms with Gasteiger partial charge in [0.1, 0.15) is 0 Å². The van der Waals surface area contributed by atoms with E-state index in [4.69, 9.17) is 11.5 Å². The third kappa shape index (κ3) is 2.89. The summed E-state index contributed by atoms with van der Waals surface area (Å²) in [6.45, 7) is 6.07. The van der Waals surface area contributed by atoms with Crippen molar-refractivity contribution >= 4 is 17.3 Å². The quantitative estimate of drug-likeness (QED) is 0.674. The predicted octanol–water partition coefficient (Wildman–Crippen LogP) is 1.50. The number of aryl methyl sites for hydroxylation is 1. The first-order valence-corrected chi connectivity index (χ1v) is 5.23. The van der Waals surface area contributed by atoms with Crippen molar-refractivity contribution in [2.75, 3.05) is 17.6 Å². The molecule has 0 saturated heterocycles. The van der Waals surface area contributed by atoms with Crippen LogP contribution in [0.3, 0.4) is 0 Å². The SMILES string of the molecule is Cc1cc(NCC(C)(C)C(N)=O)ccc1N. The zero-order valence-electron chi connectivity index (χ0n) is 10.0. The molecule has 0 aliphatic heterocycles. The maximum Gasteiger partial charge on any atom is 0.224 e. The minimum Gasteiger partial charge on any atom is -0.399 e. The first-order chi connectivity index (χ1) is 7.33. The summed E-state index contributed by atoms with van der Waals surface area (Å²) in [6.07, 6.45) is 0. The number of nitrogens with one attached hydrogen (secondary N) is 1. The smallest absolute Gasteiger partial charge is 0.224 e. The molecule has 0 aromatic heterocycles. The lowest BCUT2D eigenvalue weighted by molar-refractivity contribution is -0.125. The summed E-state index contributed by atoms with van der Waals surface area (Å²) in [5.41, 5.74) is 13.2. The molecule has 0 saturated carbocycles. The Labute approximate surface area is 96.0 Å². The van der Waals surface area contributed by atoms with E-state index in [0.717, 1.165) is 16.9 Å². The van der Waals surface area contributed by atoms with Gasteiger partial charge in [-0.25, -0.2) is 0 Å². The lowest BCUT2D eigenvalue weighted by atomic mass is 9.92. The van der Waals surface area contributed by atoms with Gasteiger partial charge in [-0.2, -0.15) is 0 Å². The average molecular weight is 221 g/mol. The lowest BCUT2D eigenvalue weighted by Crippen LogP contribution is -2.37. The lowest BCUT2D eigenvalue weighted by Gasteiger charge is -2.21. The number of nitrogen functional groups attached to an aromatic ring is 1. The van der Waals surface area contributed by atoms with Crippen molar-refractivity contribution in [2.45, 2.75) is 20.8 Å². The summed E-state index contributed by atoms with van der Waals surface area (Å²) in [6, 6.07) is 5.68. The summed E-state index contributed by atoms with van der Waals surface area (Å²) in [4.78, 5) is 11.1. The van der Waals surface area contributed by atoms with Gasteiger partial charge >= 0.3 is 0 Å². The first-order valence-electron chi connectivity index (χ1n) is 5.23. The van der Waals surface area contributed by atoms with Gasteiger partial charge in [0.25, 0.3) is 0 Å². The Morgan fingerprint density at radius 3 is 2.56 bits per heavy atom. The fourth-order valence-electron chi connectivity index (χ4n) is 1.20. The number of primary amides is 1. The van der Waals surface area contributed by atoms with Crippen LogP contribution in [0.5, 0.6) is 0 Å². The topological polar surface area (TPSA) is 81.1 Å². The standard InChI is InChI=1S/C12H19N3O/c1-8-6-9(4-5-10(8)13)15-7-12(2,3)11(14)16/h4-6,15H,7,13H2,1-3H3,(H2,14,16). The molecule has 1 aromatic rings. The van der Waals surface area contributed by atoms with Gasteiger partial charge in [-0.15, -0.1) is 0 Å². The maximum atomic E-state index is 11.1. The fourth-order valence-corrected chi connectivity index (χ4v) is 1.20. The first kappa shape index (κ1) is 12.4. The molecule has 0 unspecified atom stereocenters. The molecule has 0 aliphatic rings. The van der Waals surface area contributed by atoms with Gasteiger partial charge in [-0.05, 0) is 44.5 Å². The zero-order valence-corrected chi connectivity index (χ0v) is 10.0. The Kier molecular flexibility index (Phi) is 3.42. The second kappa shape index (κ2) is 4.43. The Balaban J connectivity index is 2.68. The Morgan fingerprint density at radius 2 is 2.06 bits per heavy atom. The molecule has 1 rings (SSSR count). The van der Waals surface area contributed by atoms with Crippen LogP contribution in [0.2, 0.25) is 0 Å². The molecule has 4 heteroatoms. The summed E-state index contributed by atoms with van der Waals surface area (Å²) < 4.78 is 0. The number of benzene rings is 1. The maximum absolute atomic E-state index is 11.1. The molecule has 5 N–H and O–H groups in total. The highest BCUT2D eigenvalue weighted by atomic mass is 16.1. The van der Waals surface area contributed by atoms with Crippen LogP contribution in [0, 0.1) is 12.3 Å². The van der Waals surface area contributed by atoms with Crippen LogP contribution in [0.25, 0.3) is 0 Å². The van der Waals surface area contributed by atoms with E-state index in [1.807, 2.05) is 39.0 Å². The van der Waals surface area contributed by atoms with Gasteiger partial charge in [0.15, 0.2) is 0 Å². The number of hydrogen-bond donors (Lipinski definition) is 3. The molecule has 88 valence electrons. The molecule has 0 radical (unpaired) electrons. The second-order valence-corrected chi connectivity index (χ2v) is 4.67. The van der Waals surface area contributed by atoms with Crippen molar-refractivity contribution in [3.63, 3.8) is 0 Å². The third-order valence-corrected chi connectivity index (χ3v) is 2.67. The molecule has 0 fully saturated rings. The van der Waals surface area contributed by atoms with Crippen LogP contribution in [0.15, 0.2) is 18.2 Å².